The molecule has 3 N–H and O–H groups in total. The Morgan fingerprint density at radius 2 is 1.90 bits per heavy atom. The van der Waals surface area contributed by atoms with Gasteiger partial charge in [0.2, 0.25) is 0 Å². The Labute approximate surface area is 174 Å². The van der Waals surface area contributed by atoms with Crippen molar-refractivity contribution in [3.8, 4) is 0 Å². The van der Waals surface area contributed by atoms with Crippen LogP contribution in [-0.2, 0) is 11.2 Å². The third-order valence-electron chi connectivity index (χ3n) is 4.86. The van der Waals surface area contributed by atoms with Crippen LogP contribution in [0.2, 0.25) is 0 Å². The van der Waals surface area contributed by atoms with Crippen LogP contribution in [0.25, 0.3) is 0 Å². The number of hydrogen-bond donors (Lipinski definition) is 3. The fourth-order valence-electron chi connectivity index (χ4n) is 3.50. The molecule has 1 unspecified atom stereocenters. The molecular formula is C23H22N4O3. The van der Waals surface area contributed by atoms with Crippen molar-refractivity contribution >= 4 is 23.8 Å². The molecule has 1 aliphatic rings. The number of urea groups is 1. The van der Waals surface area contributed by atoms with Crippen LogP contribution in [0.1, 0.15) is 27.7 Å². The number of aldehydes is 1. The minimum Gasteiger partial charge on any atom is -0.357 e. The third-order valence-corrected chi connectivity index (χ3v) is 4.86. The monoisotopic (exact) mass is 402 g/mol. The number of amides is 2. The van der Waals surface area contributed by atoms with Gasteiger partial charge in [-0.15, -0.1) is 0 Å². The number of benzene rings is 2. The number of nitrogens with zero attached hydrogens (tertiary/aromatic N) is 1. The lowest BCUT2D eigenvalue weighted by Gasteiger charge is -2.19. The zero-order chi connectivity index (χ0) is 20.8. The van der Waals surface area contributed by atoms with Gasteiger partial charge in [0.15, 0.2) is 6.29 Å². The van der Waals surface area contributed by atoms with Crippen LogP contribution in [0.5, 0.6) is 0 Å². The molecule has 0 spiro atoms. The number of aromatic nitrogens is 1. The maximum atomic E-state index is 12.4. The fourth-order valence-corrected chi connectivity index (χ4v) is 3.50. The normalized spacial score (nSPS) is 18.0. The van der Waals surface area contributed by atoms with E-state index in [0.717, 1.165) is 12.7 Å². The fraction of sp³-hybridized carbons (Fsp3) is 0.174. The summed E-state index contributed by atoms with van der Waals surface area (Å²) in [6.07, 6.45) is 2.68. The average molecular weight is 402 g/mol. The molecule has 30 heavy (non-hydrogen) atoms. The van der Waals surface area contributed by atoms with Crippen LogP contribution in [-0.4, -0.2) is 29.9 Å². The van der Waals surface area contributed by atoms with Crippen LogP contribution in [0.15, 0.2) is 72.9 Å². The Morgan fingerprint density at radius 1 is 1.07 bits per heavy atom. The van der Waals surface area contributed by atoms with E-state index in [4.69, 9.17) is 4.74 Å². The number of ether oxygens (including phenoxy) is 1. The van der Waals surface area contributed by atoms with Gasteiger partial charge in [-0.05, 0) is 30.2 Å². The highest BCUT2D eigenvalue weighted by atomic mass is 16.5. The van der Waals surface area contributed by atoms with Gasteiger partial charge in [0.05, 0.1) is 12.3 Å². The first-order valence-corrected chi connectivity index (χ1v) is 9.71. The number of hydrogen-bond acceptors (Lipinski definition) is 5. The molecule has 2 atom stereocenters. The van der Waals surface area contributed by atoms with Crippen LogP contribution >= 0.6 is 0 Å². The molecule has 1 saturated heterocycles. The number of rotatable bonds is 6. The summed E-state index contributed by atoms with van der Waals surface area (Å²) in [5, 5.41) is 8.91. The van der Waals surface area contributed by atoms with Crippen LogP contribution < -0.4 is 16.0 Å². The van der Waals surface area contributed by atoms with Crippen molar-refractivity contribution in [1.29, 1.82) is 0 Å². The zero-order valence-corrected chi connectivity index (χ0v) is 16.2. The highest BCUT2D eigenvalue weighted by Crippen LogP contribution is 2.31. The molecule has 7 heteroatoms. The standard InChI is InChI=1S/C23H22N4O3/c28-14-17-9-6-10-19(26-23(29)27-20-11-4-5-12-24-20)21(17)22-25-18(15-30-22)13-16-7-2-1-3-8-16/h1-12,14,18,22,25H,13,15H2,(H2,24,26,27,29)/t18-,22?/m1/s1. The molecule has 0 radical (unpaired) electrons. The second-order valence-corrected chi connectivity index (χ2v) is 6.99. The quantitative estimate of drug-likeness (QED) is 0.546. The van der Waals surface area contributed by atoms with E-state index in [1.165, 1.54) is 5.56 Å². The van der Waals surface area contributed by atoms with Crippen molar-refractivity contribution < 1.29 is 14.3 Å². The Hall–Kier alpha value is -3.55. The van der Waals surface area contributed by atoms with Gasteiger partial charge in [-0.25, -0.2) is 9.78 Å². The minimum atomic E-state index is -0.495. The zero-order valence-electron chi connectivity index (χ0n) is 16.2. The Morgan fingerprint density at radius 3 is 2.67 bits per heavy atom. The third kappa shape index (κ3) is 4.71. The highest BCUT2D eigenvalue weighted by Gasteiger charge is 2.29. The van der Waals surface area contributed by atoms with Gasteiger partial charge in [0.25, 0.3) is 0 Å². The first kappa shape index (κ1) is 19.8. The molecule has 0 saturated carbocycles. The van der Waals surface area contributed by atoms with Crippen molar-refractivity contribution in [1.82, 2.24) is 10.3 Å². The number of nitrogens with one attached hydrogen (secondary N) is 3. The van der Waals surface area contributed by atoms with Crippen molar-refractivity contribution in [3.63, 3.8) is 0 Å². The SMILES string of the molecule is O=Cc1cccc(NC(=O)Nc2ccccn2)c1C1N[C@H](Cc2ccccc2)CO1. The lowest BCUT2D eigenvalue weighted by Crippen LogP contribution is -2.29. The molecule has 0 aliphatic carbocycles. The molecule has 4 rings (SSSR count). The molecule has 2 aromatic carbocycles. The predicted octanol–water partition coefficient (Wildman–Crippen LogP) is 3.77. The summed E-state index contributed by atoms with van der Waals surface area (Å²) in [7, 11) is 0. The molecule has 1 aliphatic heterocycles. The summed E-state index contributed by atoms with van der Waals surface area (Å²) in [5.41, 5.74) is 2.78. The Balaban J connectivity index is 1.50. The lowest BCUT2D eigenvalue weighted by molar-refractivity contribution is 0.0983. The van der Waals surface area contributed by atoms with Crippen molar-refractivity contribution in [2.45, 2.75) is 18.7 Å². The summed E-state index contributed by atoms with van der Waals surface area (Å²) in [6.45, 7) is 0.506. The maximum absolute atomic E-state index is 12.4. The second-order valence-electron chi connectivity index (χ2n) is 6.99. The lowest BCUT2D eigenvalue weighted by atomic mass is 10.0. The highest BCUT2D eigenvalue weighted by molar-refractivity contribution is 6.00. The Kier molecular flexibility index (Phi) is 6.12. The van der Waals surface area contributed by atoms with Crippen LogP contribution in [0, 0.1) is 0 Å². The predicted molar refractivity (Wildman–Crippen MR) is 114 cm³/mol. The molecule has 0 bridgehead atoms. The minimum absolute atomic E-state index is 0.104. The number of anilines is 2. The summed E-state index contributed by atoms with van der Waals surface area (Å²) < 4.78 is 5.95. The molecular weight excluding hydrogens is 380 g/mol. The molecule has 7 nitrogen and oxygen atoms in total. The molecule has 3 aromatic rings. The first-order chi connectivity index (χ1) is 14.7. The number of carbonyl (C=O) groups is 2. The van der Waals surface area contributed by atoms with Crippen molar-refractivity contribution in [2.75, 3.05) is 17.2 Å². The summed E-state index contributed by atoms with van der Waals surface area (Å²) in [5.74, 6) is 0.432. The van der Waals surface area contributed by atoms with Gasteiger partial charge < -0.3 is 10.1 Å². The van der Waals surface area contributed by atoms with Crippen LogP contribution in [0.4, 0.5) is 16.3 Å². The van der Waals surface area contributed by atoms with Gasteiger partial charge in [-0.3, -0.25) is 15.4 Å². The van der Waals surface area contributed by atoms with Crippen molar-refractivity contribution in [2.24, 2.45) is 0 Å². The van der Waals surface area contributed by atoms with E-state index in [2.05, 4.69) is 33.1 Å². The first-order valence-electron chi connectivity index (χ1n) is 9.71. The van der Waals surface area contributed by atoms with E-state index < -0.39 is 12.3 Å². The largest absolute Gasteiger partial charge is 0.357 e. The van der Waals surface area contributed by atoms with E-state index in [9.17, 15) is 9.59 Å². The van der Waals surface area contributed by atoms with E-state index in [0.29, 0.717) is 29.2 Å². The van der Waals surface area contributed by atoms with Gasteiger partial charge >= 0.3 is 6.03 Å². The van der Waals surface area contributed by atoms with Gasteiger partial charge in [-0.2, -0.15) is 0 Å². The van der Waals surface area contributed by atoms with E-state index >= 15 is 0 Å². The Bertz CT molecular complexity index is 1010. The molecule has 2 heterocycles. The van der Waals surface area contributed by atoms with E-state index in [-0.39, 0.29) is 6.04 Å². The average Bonchev–Trinajstić information content (AvgIpc) is 3.22. The molecule has 152 valence electrons. The van der Waals surface area contributed by atoms with Gasteiger partial charge in [0, 0.05) is 23.4 Å². The molecule has 2 amide bonds. The smallest absolute Gasteiger partial charge is 0.324 e. The topological polar surface area (TPSA) is 92.4 Å². The van der Waals surface area contributed by atoms with Crippen molar-refractivity contribution in [3.05, 3.63) is 89.6 Å². The second kappa shape index (κ2) is 9.30. The summed E-state index contributed by atoms with van der Waals surface area (Å²) in [4.78, 5) is 28.2. The van der Waals surface area contributed by atoms with Crippen LogP contribution in [0.3, 0.4) is 0 Å². The van der Waals surface area contributed by atoms with E-state index in [1.54, 1.807) is 42.6 Å². The maximum Gasteiger partial charge on any atom is 0.324 e. The van der Waals surface area contributed by atoms with Gasteiger partial charge in [0.1, 0.15) is 12.0 Å². The van der Waals surface area contributed by atoms with E-state index in [1.807, 2.05) is 18.2 Å². The number of pyridine rings is 1. The number of carbonyl (C=O) groups excluding carboxylic acids is 2. The summed E-state index contributed by atoms with van der Waals surface area (Å²) >= 11 is 0. The molecule has 1 aromatic heterocycles. The summed E-state index contributed by atoms with van der Waals surface area (Å²) in [6, 6.07) is 20.2. The van der Waals surface area contributed by atoms with Gasteiger partial charge in [-0.1, -0.05) is 48.5 Å². The molecule has 1 fully saturated rings.